The van der Waals surface area contributed by atoms with Crippen LogP contribution in [-0.4, -0.2) is 36.5 Å². The number of carbonyl (C=O) groups excluding carboxylic acids is 1. The molecule has 1 aliphatic heterocycles. The Balaban J connectivity index is 2.13. The van der Waals surface area contributed by atoms with Gasteiger partial charge in [-0.25, -0.2) is 0 Å². The largest absolute Gasteiger partial charge is 0.333 e. The smallest absolute Gasteiger partial charge is 0.255 e. The average molecular weight is 289 g/mol. The molecule has 1 atom stereocenters. The van der Waals surface area contributed by atoms with E-state index in [-0.39, 0.29) is 11.9 Å². The number of amides is 1. The molecule has 0 radical (unpaired) electrons. The summed E-state index contributed by atoms with van der Waals surface area (Å²) in [5.41, 5.74) is 0.792. The quantitative estimate of drug-likeness (QED) is 0.857. The minimum absolute atomic E-state index is 0.144. The first-order valence-electron chi connectivity index (χ1n) is 4.94. The summed E-state index contributed by atoms with van der Waals surface area (Å²) in [6.07, 6.45) is 0. The second-order valence-corrected chi connectivity index (χ2v) is 5.98. The van der Waals surface area contributed by atoms with Gasteiger partial charge in [-0.1, -0.05) is 0 Å². The highest BCUT2D eigenvalue weighted by molar-refractivity contribution is 9.11. The normalized spacial score (nSPS) is 21.7. The molecular formula is C10H13BrN2OS. The molecule has 0 bridgehead atoms. The van der Waals surface area contributed by atoms with Crippen LogP contribution in [0.25, 0.3) is 0 Å². The van der Waals surface area contributed by atoms with Gasteiger partial charge >= 0.3 is 0 Å². The Labute approximate surface area is 102 Å². The third-order valence-electron chi connectivity index (χ3n) is 2.58. The molecule has 15 heavy (non-hydrogen) atoms. The minimum Gasteiger partial charge on any atom is -0.333 e. The predicted octanol–water partition coefficient (Wildman–Crippen LogP) is 1.94. The average Bonchev–Trinajstić information content (AvgIpc) is 2.65. The van der Waals surface area contributed by atoms with Crippen molar-refractivity contribution in [1.29, 1.82) is 0 Å². The van der Waals surface area contributed by atoms with Crippen LogP contribution in [0, 0.1) is 0 Å². The number of hydrogen-bond acceptors (Lipinski definition) is 3. The van der Waals surface area contributed by atoms with E-state index in [1.54, 1.807) is 11.3 Å². The minimum atomic E-state index is 0.144. The SMILES string of the molecule is CC1CNCCN1C(=O)c1csc(Br)c1. The Morgan fingerprint density at radius 2 is 2.53 bits per heavy atom. The van der Waals surface area contributed by atoms with Crippen LogP contribution in [0.1, 0.15) is 17.3 Å². The number of nitrogens with one attached hydrogen (secondary N) is 1. The maximum Gasteiger partial charge on any atom is 0.255 e. The highest BCUT2D eigenvalue weighted by Crippen LogP contribution is 2.22. The van der Waals surface area contributed by atoms with E-state index < -0.39 is 0 Å². The summed E-state index contributed by atoms with van der Waals surface area (Å²) < 4.78 is 1.01. The maximum atomic E-state index is 12.1. The molecule has 1 fully saturated rings. The molecule has 2 heterocycles. The molecule has 2 rings (SSSR count). The molecule has 1 N–H and O–H groups in total. The Morgan fingerprint density at radius 1 is 1.73 bits per heavy atom. The van der Waals surface area contributed by atoms with Gasteiger partial charge in [0.2, 0.25) is 0 Å². The molecule has 0 aliphatic carbocycles. The Bertz CT molecular complexity index is 366. The lowest BCUT2D eigenvalue weighted by Crippen LogP contribution is -2.52. The highest BCUT2D eigenvalue weighted by Gasteiger charge is 2.24. The van der Waals surface area contributed by atoms with Gasteiger partial charge in [0.1, 0.15) is 0 Å². The van der Waals surface area contributed by atoms with Crippen molar-refractivity contribution < 1.29 is 4.79 Å². The van der Waals surface area contributed by atoms with E-state index in [4.69, 9.17) is 0 Å². The summed E-state index contributed by atoms with van der Waals surface area (Å²) in [5, 5.41) is 5.18. The number of nitrogens with zero attached hydrogens (tertiary/aromatic N) is 1. The fourth-order valence-corrected chi connectivity index (χ4v) is 2.86. The zero-order chi connectivity index (χ0) is 10.8. The molecule has 1 aliphatic rings. The first-order valence-corrected chi connectivity index (χ1v) is 6.61. The van der Waals surface area contributed by atoms with Crippen LogP contribution in [0.2, 0.25) is 0 Å². The zero-order valence-corrected chi connectivity index (χ0v) is 10.9. The number of carbonyl (C=O) groups is 1. The lowest BCUT2D eigenvalue weighted by molar-refractivity contribution is 0.0656. The molecular weight excluding hydrogens is 276 g/mol. The lowest BCUT2D eigenvalue weighted by atomic mass is 10.2. The first kappa shape index (κ1) is 11.1. The van der Waals surface area contributed by atoms with Gasteiger partial charge in [-0.15, -0.1) is 11.3 Å². The molecule has 3 nitrogen and oxygen atoms in total. The summed E-state index contributed by atoms with van der Waals surface area (Å²) in [5.74, 6) is 0.144. The summed E-state index contributed by atoms with van der Waals surface area (Å²) in [4.78, 5) is 14.0. The van der Waals surface area contributed by atoms with Crippen molar-refractivity contribution in [3.8, 4) is 0 Å². The van der Waals surface area contributed by atoms with Crippen molar-refractivity contribution in [2.75, 3.05) is 19.6 Å². The summed E-state index contributed by atoms with van der Waals surface area (Å²) in [6, 6.07) is 2.17. The topological polar surface area (TPSA) is 32.3 Å². The van der Waals surface area contributed by atoms with E-state index in [0.29, 0.717) is 0 Å². The maximum absolute atomic E-state index is 12.1. The van der Waals surface area contributed by atoms with E-state index in [0.717, 1.165) is 29.0 Å². The van der Waals surface area contributed by atoms with Crippen molar-refractivity contribution in [3.63, 3.8) is 0 Å². The molecule has 0 spiro atoms. The molecule has 82 valence electrons. The second kappa shape index (κ2) is 4.63. The summed E-state index contributed by atoms with van der Waals surface area (Å²) in [7, 11) is 0. The fraction of sp³-hybridized carbons (Fsp3) is 0.500. The van der Waals surface area contributed by atoms with Gasteiger partial charge in [0.15, 0.2) is 0 Å². The Kier molecular flexibility index (Phi) is 3.43. The summed E-state index contributed by atoms with van der Waals surface area (Å²) >= 11 is 4.93. The van der Waals surface area contributed by atoms with Crippen molar-refractivity contribution in [2.24, 2.45) is 0 Å². The highest BCUT2D eigenvalue weighted by atomic mass is 79.9. The Morgan fingerprint density at radius 3 is 3.13 bits per heavy atom. The van der Waals surface area contributed by atoms with Crippen molar-refractivity contribution >= 4 is 33.2 Å². The monoisotopic (exact) mass is 288 g/mol. The van der Waals surface area contributed by atoms with Crippen LogP contribution in [0.5, 0.6) is 0 Å². The van der Waals surface area contributed by atoms with Crippen LogP contribution < -0.4 is 5.32 Å². The van der Waals surface area contributed by atoms with E-state index in [1.165, 1.54) is 0 Å². The third-order valence-corrected chi connectivity index (χ3v) is 4.08. The number of thiophene rings is 1. The fourth-order valence-electron chi connectivity index (χ4n) is 1.73. The van der Waals surface area contributed by atoms with Crippen molar-refractivity contribution in [2.45, 2.75) is 13.0 Å². The molecule has 1 aromatic heterocycles. The van der Waals surface area contributed by atoms with Gasteiger partial charge < -0.3 is 10.2 Å². The van der Waals surface area contributed by atoms with Crippen LogP contribution in [0.15, 0.2) is 15.2 Å². The van der Waals surface area contributed by atoms with Gasteiger partial charge in [0, 0.05) is 31.1 Å². The molecule has 5 heteroatoms. The van der Waals surface area contributed by atoms with Crippen LogP contribution in [-0.2, 0) is 0 Å². The van der Waals surface area contributed by atoms with Crippen molar-refractivity contribution in [1.82, 2.24) is 10.2 Å². The number of rotatable bonds is 1. The zero-order valence-electron chi connectivity index (χ0n) is 8.50. The van der Waals surface area contributed by atoms with Gasteiger partial charge in [-0.05, 0) is 28.9 Å². The van der Waals surface area contributed by atoms with E-state index >= 15 is 0 Å². The van der Waals surface area contributed by atoms with Crippen LogP contribution >= 0.6 is 27.3 Å². The number of piperazine rings is 1. The molecule has 1 aromatic rings. The Hall–Kier alpha value is -0.390. The second-order valence-electron chi connectivity index (χ2n) is 3.69. The number of halogens is 1. The van der Waals surface area contributed by atoms with Crippen molar-refractivity contribution in [3.05, 3.63) is 20.8 Å². The molecule has 1 saturated heterocycles. The van der Waals surface area contributed by atoms with Gasteiger partial charge in [-0.2, -0.15) is 0 Å². The first-order chi connectivity index (χ1) is 7.18. The van der Waals surface area contributed by atoms with E-state index in [2.05, 4.69) is 28.2 Å². The van der Waals surface area contributed by atoms with E-state index in [9.17, 15) is 4.79 Å². The van der Waals surface area contributed by atoms with Crippen LogP contribution in [0.3, 0.4) is 0 Å². The molecule has 0 saturated carbocycles. The third kappa shape index (κ3) is 2.41. The van der Waals surface area contributed by atoms with Gasteiger partial charge in [-0.3, -0.25) is 4.79 Å². The lowest BCUT2D eigenvalue weighted by Gasteiger charge is -2.33. The van der Waals surface area contributed by atoms with Gasteiger partial charge in [0.25, 0.3) is 5.91 Å². The standard InChI is InChI=1S/C10H13BrN2OS/c1-7-5-12-2-3-13(7)10(14)8-4-9(11)15-6-8/h4,6-7,12H,2-3,5H2,1H3. The van der Waals surface area contributed by atoms with Gasteiger partial charge in [0.05, 0.1) is 9.35 Å². The van der Waals surface area contributed by atoms with Crippen LogP contribution in [0.4, 0.5) is 0 Å². The van der Waals surface area contributed by atoms with E-state index in [1.807, 2.05) is 16.3 Å². The predicted molar refractivity (Wildman–Crippen MR) is 65.4 cm³/mol. The molecule has 1 amide bonds. The molecule has 1 unspecified atom stereocenters. The number of hydrogen-bond donors (Lipinski definition) is 1. The molecule has 0 aromatic carbocycles. The summed E-state index contributed by atoms with van der Waals surface area (Å²) in [6.45, 7) is 4.65.